The molecule has 1 aromatic heterocycles. The van der Waals surface area contributed by atoms with Gasteiger partial charge < -0.3 is 11.1 Å². The van der Waals surface area contributed by atoms with Gasteiger partial charge in [-0.15, -0.1) is 10.2 Å². The van der Waals surface area contributed by atoms with Crippen LogP contribution in [0.1, 0.15) is 26.2 Å². The molecule has 1 aromatic carbocycles. The Morgan fingerprint density at radius 1 is 1.36 bits per heavy atom. The number of tetrazole rings is 1. The maximum Gasteiger partial charge on any atom is 0.243 e. The molecule has 3 N–H and O–H groups in total. The number of aromatic nitrogens is 4. The van der Waals surface area contributed by atoms with E-state index >= 15 is 0 Å². The average molecular weight is 302 g/mol. The Labute approximate surface area is 129 Å². The van der Waals surface area contributed by atoms with E-state index in [4.69, 9.17) is 5.73 Å². The molecule has 0 aliphatic rings. The molecule has 1 amide bonds. The monoisotopic (exact) mass is 302 g/mol. The van der Waals surface area contributed by atoms with Crippen LogP contribution in [0.5, 0.6) is 0 Å². The van der Waals surface area contributed by atoms with Crippen molar-refractivity contribution in [1.82, 2.24) is 25.5 Å². The highest BCUT2D eigenvalue weighted by Gasteiger charge is 2.13. The van der Waals surface area contributed by atoms with E-state index < -0.39 is 0 Å². The van der Waals surface area contributed by atoms with Crippen LogP contribution in [0.15, 0.2) is 30.3 Å². The van der Waals surface area contributed by atoms with Crippen LogP contribution in [0.25, 0.3) is 11.4 Å². The van der Waals surface area contributed by atoms with Crippen molar-refractivity contribution < 1.29 is 4.79 Å². The number of nitrogens with zero attached hydrogens (tertiary/aromatic N) is 4. The van der Waals surface area contributed by atoms with Gasteiger partial charge in [-0.3, -0.25) is 4.79 Å². The number of hydrogen-bond donors (Lipinski definition) is 2. The maximum absolute atomic E-state index is 12.0. The summed E-state index contributed by atoms with van der Waals surface area (Å²) in [6.07, 6.45) is 3.01. The standard InChI is InChI=1S/C15H22N6O/c1-2-3-9-13(10-16)17-14(22)11-21-19-15(18-20-21)12-7-5-4-6-8-12/h4-8,13H,2-3,9-11,16H2,1H3,(H,17,22). The van der Waals surface area contributed by atoms with Gasteiger partial charge in [0.1, 0.15) is 6.54 Å². The average Bonchev–Trinajstić information content (AvgIpc) is 3.00. The molecule has 0 saturated carbocycles. The first-order chi connectivity index (χ1) is 10.7. The Kier molecular flexibility index (Phi) is 6.02. The number of nitrogens with two attached hydrogens (primary N) is 1. The molecule has 0 bridgehead atoms. The second-order valence-corrected chi connectivity index (χ2v) is 5.15. The lowest BCUT2D eigenvalue weighted by molar-refractivity contribution is -0.122. The van der Waals surface area contributed by atoms with Gasteiger partial charge in [0.2, 0.25) is 11.7 Å². The molecule has 0 aliphatic heterocycles. The van der Waals surface area contributed by atoms with Gasteiger partial charge in [-0.05, 0) is 11.6 Å². The molecule has 1 unspecified atom stereocenters. The van der Waals surface area contributed by atoms with Crippen molar-refractivity contribution in [3.05, 3.63) is 30.3 Å². The zero-order valence-electron chi connectivity index (χ0n) is 12.8. The van der Waals surface area contributed by atoms with E-state index in [9.17, 15) is 4.79 Å². The van der Waals surface area contributed by atoms with Gasteiger partial charge in [0.05, 0.1) is 0 Å². The summed E-state index contributed by atoms with van der Waals surface area (Å²) in [7, 11) is 0. The predicted octanol–water partition coefficient (Wildman–Crippen LogP) is 0.974. The molecule has 1 atom stereocenters. The van der Waals surface area contributed by atoms with E-state index in [0.29, 0.717) is 12.4 Å². The summed E-state index contributed by atoms with van der Waals surface area (Å²) in [5.74, 6) is 0.360. The van der Waals surface area contributed by atoms with Crippen LogP contribution in [0.4, 0.5) is 0 Å². The van der Waals surface area contributed by atoms with Crippen molar-refractivity contribution in [1.29, 1.82) is 0 Å². The van der Waals surface area contributed by atoms with Gasteiger partial charge in [0, 0.05) is 18.2 Å². The van der Waals surface area contributed by atoms with E-state index in [0.717, 1.165) is 24.8 Å². The second kappa shape index (κ2) is 8.23. The van der Waals surface area contributed by atoms with E-state index in [1.807, 2.05) is 30.3 Å². The first-order valence-corrected chi connectivity index (χ1v) is 7.55. The second-order valence-electron chi connectivity index (χ2n) is 5.15. The molecule has 0 aliphatic carbocycles. The molecule has 22 heavy (non-hydrogen) atoms. The Bertz CT molecular complexity index is 583. The van der Waals surface area contributed by atoms with Gasteiger partial charge in [-0.1, -0.05) is 50.1 Å². The normalized spacial score (nSPS) is 12.1. The van der Waals surface area contributed by atoms with Crippen LogP contribution in [0, 0.1) is 0 Å². The number of nitrogens with one attached hydrogen (secondary N) is 1. The summed E-state index contributed by atoms with van der Waals surface area (Å²) in [4.78, 5) is 13.3. The molecule has 2 rings (SSSR count). The fraction of sp³-hybridized carbons (Fsp3) is 0.467. The predicted molar refractivity (Wildman–Crippen MR) is 83.8 cm³/mol. The zero-order valence-corrected chi connectivity index (χ0v) is 12.8. The zero-order chi connectivity index (χ0) is 15.8. The lowest BCUT2D eigenvalue weighted by atomic mass is 10.1. The molecule has 0 saturated heterocycles. The van der Waals surface area contributed by atoms with Crippen LogP contribution in [0.2, 0.25) is 0 Å². The first-order valence-electron chi connectivity index (χ1n) is 7.55. The van der Waals surface area contributed by atoms with E-state index in [2.05, 4.69) is 27.7 Å². The van der Waals surface area contributed by atoms with Gasteiger partial charge in [-0.25, -0.2) is 0 Å². The van der Waals surface area contributed by atoms with Gasteiger partial charge in [0.25, 0.3) is 0 Å². The minimum Gasteiger partial charge on any atom is -0.350 e. The molecule has 2 aromatic rings. The third-order valence-corrected chi connectivity index (χ3v) is 3.33. The van der Waals surface area contributed by atoms with Crippen molar-refractivity contribution in [2.24, 2.45) is 5.73 Å². The van der Waals surface area contributed by atoms with Crippen LogP contribution in [-0.2, 0) is 11.3 Å². The maximum atomic E-state index is 12.0. The van der Waals surface area contributed by atoms with Crippen molar-refractivity contribution in [3.63, 3.8) is 0 Å². The Hall–Kier alpha value is -2.28. The molecule has 7 nitrogen and oxygen atoms in total. The summed E-state index contributed by atoms with van der Waals surface area (Å²) in [6, 6.07) is 9.53. The van der Waals surface area contributed by atoms with E-state index in [-0.39, 0.29) is 18.5 Å². The molecule has 7 heteroatoms. The van der Waals surface area contributed by atoms with Crippen LogP contribution in [-0.4, -0.2) is 38.7 Å². The summed E-state index contributed by atoms with van der Waals surface area (Å²) in [5.41, 5.74) is 6.54. The molecule has 1 heterocycles. The van der Waals surface area contributed by atoms with Crippen molar-refractivity contribution >= 4 is 5.91 Å². The molecule has 0 radical (unpaired) electrons. The van der Waals surface area contributed by atoms with Gasteiger partial charge in [0.15, 0.2) is 0 Å². The lowest BCUT2D eigenvalue weighted by Gasteiger charge is -2.15. The van der Waals surface area contributed by atoms with E-state index in [1.54, 1.807) is 0 Å². The summed E-state index contributed by atoms with van der Waals surface area (Å²) in [6.45, 7) is 2.59. The molecule has 0 spiro atoms. The Morgan fingerprint density at radius 3 is 2.82 bits per heavy atom. The molecule has 0 fully saturated rings. The Balaban J connectivity index is 1.91. The minimum absolute atomic E-state index is 0.00423. The highest BCUT2D eigenvalue weighted by molar-refractivity contribution is 5.75. The number of amides is 1. The van der Waals surface area contributed by atoms with Crippen LogP contribution < -0.4 is 11.1 Å². The largest absolute Gasteiger partial charge is 0.350 e. The third kappa shape index (κ3) is 4.63. The lowest BCUT2D eigenvalue weighted by Crippen LogP contribution is -2.41. The topological polar surface area (TPSA) is 98.7 Å². The van der Waals surface area contributed by atoms with Crippen molar-refractivity contribution in [3.8, 4) is 11.4 Å². The smallest absolute Gasteiger partial charge is 0.243 e. The van der Waals surface area contributed by atoms with Crippen molar-refractivity contribution in [2.45, 2.75) is 38.8 Å². The number of benzene rings is 1. The summed E-state index contributed by atoms with van der Waals surface area (Å²) >= 11 is 0. The van der Waals surface area contributed by atoms with Crippen LogP contribution in [0.3, 0.4) is 0 Å². The molecule has 118 valence electrons. The highest BCUT2D eigenvalue weighted by atomic mass is 16.2. The molecular weight excluding hydrogens is 280 g/mol. The highest BCUT2D eigenvalue weighted by Crippen LogP contribution is 2.11. The van der Waals surface area contributed by atoms with Crippen LogP contribution >= 0.6 is 0 Å². The van der Waals surface area contributed by atoms with Gasteiger partial charge in [-0.2, -0.15) is 4.80 Å². The Morgan fingerprint density at radius 2 is 2.14 bits per heavy atom. The third-order valence-electron chi connectivity index (χ3n) is 3.33. The number of hydrogen-bond acceptors (Lipinski definition) is 5. The number of carbonyl (C=O) groups excluding carboxylic acids is 1. The quantitative estimate of drug-likeness (QED) is 0.757. The summed E-state index contributed by atoms with van der Waals surface area (Å²) < 4.78 is 0. The summed E-state index contributed by atoms with van der Waals surface area (Å²) in [5, 5.41) is 15.0. The van der Waals surface area contributed by atoms with Gasteiger partial charge >= 0.3 is 0 Å². The number of carbonyl (C=O) groups is 1. The first kappa shape index (κ1) is 16.1. The fourth-order valence-corrected chi connectivity index (χ4v) is 2.11. The minimum atomic E-state index is -0.149. The fourth-order valence-electron chi connectivity index (χ4n) is 2.11. The number of rotatable bonds is 8. The SMILES string of the molecule is CCCCC(CN)NC(=O)Cn1nnc(-c2ccccc2)n1. The number of unbranched alkanes of at least 4 members (excludes halogenated alkanes) is 1. The molecular formula is C15H22N6O. The van der Waals surface area contributed by atoms with Crippen molar-refractivity contribution in [2.75, 3.05) is 6.54 Å². The van der Waals surface area contributed by atoms with E-state index in [1.165, 1.54) is 4.80 Å².